The molecule has 2 atom stereocenters. The lowest BCUT2D eigenvalue weighted by Gasteiger charge is -2.24. The van der Waals surface area contributed by atoms with E-state index in [1.54, 1.807) is 0 Å². The van der Waals surface area contributed by atoms with E-state index in [1.807, 2.05) is 0 Å². The van der Waals surface area contributed by atoms with Crippen molar-refractivity contribution in [1.82, 2.24) is 0 Å². The Morgan fingerprint density at radius 2 is 1.56 bits per heavy atom. The molecule has 0 saturated carbocycles. The van der Waals surface area contributed by atoms with E-state index in [0.717, 1.165) is 0 Å². The van der Waals surface area contributed by atoms with E-state index in [4.69, 9.17) is 14.2 Å². The number of aliphatic hydroxyl groups excluding tert-OH is 2. The SMILES string of the molecule is C=C.COC(OC)C(O)CC(O)COC(C)(C)O. The van der Waals surface area contributed by atoms with Crippen molar-refractivity contribution in [2.24, 2.45) is 0 Å². The van der Waals surface area contributed by atoms with Gasteiger partial charge in [0.05, 0.1) is 12.7 Å². The van der Waals surface area contributed by atoms with Crippen molar-refractivity contribution in [3.05, 3.63) is 13.2 Å². The third-order valence-electron chi connectivity index (χ3n) is 1.92. The molecule has 6 heteroatoms. The first-order valence-electron chi connectivity index (χ1n) is 5.58. The molecule has 0 aliphatic rings. The highest BCUT2D eigenvalue weighted by Crippen LogP contribution is 2.10. The summed E-state index contributed by atoms with van der Waals surface area (Å²) in [5.41, 5.74) is 0. The van der Waals surface area contributed by atoms with Gasteiger partial charge < -0.3 is 29.5 Å². The predicted molar refractivity (Wildman–Crippen MR) is 67.9 cm³/mol. The fraction of sp³-hybridized carbons (Fsp3) is 0.833. The van der Waals surface area contributed by atoms with Crippen molar-refractivity contribution in [3.63, 3.8) is 0 Å². The van der Waals surface area contributed by atoms with Crippen molar-refractivity contribution in [2.75, 3.05) is 20.8 Å². The van der Waals surface area contributed by atoms with E-state index in [1.165, 1.54) is 28.1 Å². The molecule has 0 heterocycles. The first-order valence-corrected chi connectivity index (χ1v) is 5.58. The van der Waals surface area contributed by atoms with Crippen molar-refractivity contribution >= 4 is 0 Å². The first kappa shape index (κ1) is 19.8. The van der Waals surface area contributed by atoms with Gasteiger partial charge in [0, 0.05) is 20.6 Å². The molecule has 0 radical (unpaired) electrons. The Bertz CT molecular complexity index is 187. The lowest BCUT2D eigenvalue weighted by Crippen LogP contribution is -2.36. The maximum absolute atomic E-state index is 9.58. The third kappa shape index (κ3) is 10.6. The van der Waals surface area contributed by atoms with Gasteiger partial charge in [-0.2, -0.15) is 0 Å². The average molecular weight is 266 g/mol. The maximum atomic E-state index is 9.58. The molecule has 0 amide bonds. The van der Waals surface area contributed by atoms with Gasteiger partial charge in [-0.15, -0.1) is 13.2 Å². The Morgan fingerprint density at radius 1 is 1.11 bits per heavy atom. The summed E-state index contributed by atoms with van der Waals surface area (Å²) in [7, 11) is 2.80. The topological polar surface area (TPSA) is 88.4 Å². The van der Waals surface area contributed by atoms with E-state index in [2.05, 4.69) is 13.2 Å². The standard InChI is InChI=1S/C10H22O6.C2H4/c1-10(2,13)16-6-7(11)5-8(12)9(14-3)15-4;1-2/h7-9,11-13H,5-6H2,1-4H3;1-2H2. The van der Waals surface area contributed by atoms with Crippen LogP contribution in [-0.4, -0.2) is 60.4 Å². The number of rotatable bonds is 8. The number of hydrogen-bond donors (Lipinski definition) is 3. The zero-order valence-corrected chi connectivity index (χ0v) is 11.6. The van der Waals surface area contributed by atoms with E-state index in [-0.39, 0.29) is 13.0 Å². The quantitative estimate of drug-likeness (QED) is 0.431. The molecule has 0 fully saturated rings. The molecule has 0 saturated heterocycles. The molecule has 2 unspecified atom stereocenters. The minimum Gasteiger partial charge on any atom is -0.391 e. The predicted octanol–water partition coefficient (Wildman–Crippen LogP) is 0.264. The summed E-state index contributed by atoms with van der Waals surface area (Å²) in [6.07, 6.45) is -2.58. The Labute approximate surface area is 109 Å². The molecule has 0 aromatic heterocycles. The molecule has 0 aliphatic heterocycles. The fourth-order valence-corrected chi connectivity index (χ4v) is 1.17. The summed E-state index contributed by atoms with van der Waals surface area (Å²) in [4.78, 5) is 0. The van der Waals surface area contributed by atoms with Gasteiger partial charge in [0.15, 0.2) is 12.1 Å². The summed E-state index contributed by atoms with van der Waals surface area (Å²) in [5.74, 6) is -1.30. The molecule has 0 spiro atoms. The molecule has 18 heavy (non-hydrogen) atoms. The fourth-order valence-electron chi connectivity index (χ4n) is 1.17. The minimum absolute atomic E-state index is 0.0441. The molecule has 0 aromatic rings. The zero-order valence-electron chi connectivity index (χ0n) is 11.6. The van der Waals surface area contributed by atoms with Crippen LogP contribution in [0.1, 0.15) is 20.3 Å². The van der Waals surface area contributed by atoms with Crippen LogP contribution < -0.4 is 0 Å². The van der Waals surface area contributed by atoms with Crippen LogP contribution in [0.4, 0.5) is 0 Å². The zero-order chi connectivity index (χ0) is 14.8. The van der Waals surface area contributed by atoms with Gasteiger partial charge in [0.2, 0.25) is 0 Å². The third-order valence-corrected chi connectivity index (χ3v) is 1.92. The molecule has 6 nitrogen and oxygen atoms in total. The van der Waals surface area contributed by atoms with Gasteiger partial charge in [0.25, 0.3) is 0 Å². The normalized spacial score (nSPS) is 14.9. The molecule has 3 N–H and O–H groups in total. The van der Waals surface area contributed by atoms with Gasteiger partial charge in [-0.1, -0.05) is 0 Å². The molecule has 0 rings (SSSR count). The molecule has 0 bridgehead atoms. The molecular formula is C12H26O6. The lowest BCUT2D eigenvalue weighted by molar-refractivity contribution is -0.201. The second kappa shape index (κ2) is 10.4. The van der Waals surface area contributed by atoms with Crippen LogP contribution in [0.15, 0.2) is 13.2 Å². The largest absolute Gasteiger partial charge is 0.391 e. The second-order valence-electron chi connectivity index (χ2n) is 4.05. The highest BCUT2D eigenvalue weighted by atomic mass is 16.7. The summed E-state index contributed by atoms with van der Waals surface area (Å²) in [5, 5.41) is 28.4. The monoisotopic (exact) mass is 266 g/mol. The van der Waals surface area contributed by atoms with E-state index < -0.39 is 24.3 Å². The van der Waals surface area contributed by atoms with Crippen LogP contribution in [0, 0.1) is 0 Å². The minimum atomic E-state index is -1.30. The number of methoxy groups -OCH3 is 2. The summed E-state index contributed by atoms with van der Waals surface area (Å²) < 4.78 is 14.6. The average Bonchev–Trinajstić information content (AvgIpc) is 2.30. The van der Waals surface area contributed by atoms with Crippen molar-refractivity contribution < 1.29 is 29.5 Å². The summed E-state index contributed by atoms with van der Waals surface area (Å²) in [6.45, 7) is 8.85. The number of aliphatic hydroxyl groups is 3. The highest BCUT2D eigenvalue weighted by Gasteiger charge is 2.23. The number of hydrogen-bond acceptors (Lipinski definition) is 6. The van der Waals surface area contributed by atoms with Gasteiger partial charge in [-0.3, -0.25) is 0 Å². The molecule has 0 aliphatic carbocycles. The number of ether oxygens (including phenoxy) is 3. The summed E-state index contributed by atoms with van der Waals surface area (Å²) >= 11 is 0. The second-order valence-corrected chi connectivity index (χ2v) is 4.05. The molecule has 110 valence electrons. The first-order chi connectivity index (χ1) is 8.30. The van der Waals surface area contributed by atoms with Crippen LogP contribution in [0.25, 0.3) is 0 Å². The van der Waals surface area contributed by atoms with Gasteiger partial charge in [-0.05, 0) is 13.8 Å². The van der Waals surface area contributed by atoms with Crippen LogP contribution in [0.5, 0.6) is 0 Å². The summed E-state index contributed by atoms with van der Waals surface area (Å²) in [6, 6.07) is 0. The smallest absolute Gasteiger partial charge is 0.182 e. The Kier molecular flexibility index (Phi) is 11.5. The van der Waals surface area contributed by atoms with Gasteiger partial charge in [0.1, 0.15) is 6.10 Å². The Hall–Kier alpha value is -0.500. The van der Waals surface area contributed by atoms with Crippen molar-refractivity contribution in [1.29, 1.82) is 0 Å². The maximum Gasteiger partial charge on any atom is 0.182 e. The van der Waals surface area contributed by atoms with Crippen LogP contribution in [0.2, 0.25) is 0 Å². The van der Waals surface area contributed by atoms with E-state index >= 15 is 0 Å². The van der Waals surface area contributed by atoms with Crippen LogP contribution in [0.3, 0.4) is 0 Å². The van der Waals surface area contributed by atoms with Gasteiger partial charge in [-0.25, -0.2) is 0 Å². The van der Waals surface area contributed by atoms with Crippen LogP contribution in [-0.2, 0) is 14.2 Å². The molecule has 0 aromatic carbocycles. The Balaban J connectivity index is 0. The van der Waals surface area contributed by atoms with Crippen molar-refractivity contribution in [3.8, 4) is 0 Å². The van der Waals surface area contributed by atoms with E-state index in [0.29, 0.717) is 0 Å². The van der Waals surface area contributed by atoms with Gasteiger partial charge >= 0.3 is 0 Å². The van der Waals surface area contributed by atoms with Crippen LogP contribution >= 0.6 is 0 Å². The van der Waals surface area contributed by atoms with E-state index in [9.17, 15) is 15.3 Å². The highest BCUT2D eigenvalue weighted by molar-refractivity contribution is 4.67. The van der Waals surface area contributed by atoms with Crippen molar-refractivity contribution in [2.45, 2.75) is 44.6 Å². The lowest BCUT2D eigenvalue weighted by atomic mass is 10.1. The Morgan fingerprint density at radius 3 is 1.89 bits per heavy atom. The molecular weight excluding hydrogens is 240 g/mol.